The third-order valence-corrected chi connectivity index (χ3v) is 2.68. The fourth-order valence-corrected chi connectivity index (χ4v) is 1.59. The highest BCUT2D eigenvalue weighted by molar-refractivity contribution is 6.30. The molecule has 1 fully saturated rings. The highest BCUT2D eigenvalue weighted by Gasteiger charge is 2.43. The summed E-state index contributed by atoms with van der Waals surface area (Å²) < 4.78 is 41.6. The number of amides is 1. The average molecular weight is 295 g/mol. The van der Waals surface area contributed by atoms with Crippen LogP contribution in [-0.2, 0) is 4.79 Å². The number of carbonyl (C=O) groups is 1. The molecule has 4 nitrogen and oxygen atoms in total. The van der Waals surface area contributed by atoms with Crippen LogP contribution in [0.2, 0.25) is 5.02 Å². The molecule has 0 aliphatic heterocycles. The summed E-state index contributed by atoms with van der Waals surface area (Å²) in [6.45, 7) is -0.854. The van der Waals surface area contributed by atoms with Crippen molar-refractivity contribution >= 4 is 23.2 Å². The standard InChI is InChI=1S/C11H10ClF3N2O2/c12-5-1-8(17-10(18)6-2-7(6)13)11(16-3-5)19-4-9(14)15/h1,3,6-7,9H,2,4H2,(H,17,18). The van der Waals surface area contributed by atoms with Crippen molar-refractivity contribution in [1.29, 1.82) is 0 Å². The molecule has 2 atom stereocenters. The van der Waals surface area contributed by atoms with Gasteiger partial charge in [-0.3, -0.25) is 4.79 Å². The van der Waals surface area contributed by atoms with Gasteiger partial charge in [0, 0.05) is 6.20 Å². The van der Waals surface area contributed by atoms with Gasteiger partial charge in [0.25, 0.3) is 6.43 Å². The van der Waals surface area contributed by atoms with E-state index in [1.165, 1.54) is 12.3 Å². The van der Waals surface area contributed by atoms with Crippen molar-refractivity contribution in [2.24, 2.45) is 5.92 Å². The minimum atomic E-state index is -2.67. The maximum Gasteiger partial charge on any atom is 0.272 e. The number of nitrogens with one attached hydrogen (secondary N) is 1. The van der Waals surface area contributed by atoms with Crippen LogP contribution in [0.5, 0.6) is 5.88 Å². The highest BCUT2D eigenvalue weighted by atomic mass is 35.5. The maximum atomic E-state index is 12.7. The van der Waals surface area contributed by atoms with Gasteiger partial charge in [0.1, 0.15) is 11.9 Å². The summed E-state index contributed by atoms with van der Waals surface area (Å²) in [7, 11) is 0. The molecule has 2 unspecified atom stereocenters. The zero-order valence-corrected chi connectivity index (χ0v) is 10.3. The number of halogens is 4. The lowest BCUT2D eigenvalue weighted by atomic mass is 10.3. The Morgan fingerprint density at radius 3 is 2.89 bits per heavy atom. The SMILES string of the molecule is O=C(Nc1cc(Cl)cnc1OCC(F)F)C1CC1F. The van der Waals surface area contributed by atoms with Crippen LogP contribution in [-0.4, -0.2) is 30.1 Å². The van der Waals surface area contributed by atoms with Gasteiger partial charge in [0.05, 0.1) is 10.9 Å². The molecule has 1 aromatic heterocycles. The number of alkyl halides is 3. The molecular formula is C11H10ClF3N2O2. The molecule has 2 rings (SSSR count). The summed E-state index contributed by atoms with van der Waals surface area (Å²) in [5, 5.41) is 2.57. The van der Waals surface area contributed by atoms with Crippen LogP contribution in [0.4, 0.5) is 18.9 Å². The Morgan fingerprint density at radius 1 is 1.63 bits per heavy atom. The van der Waals surface area contributed by atoms with Gasteiger partial charge in [-0.15, -0.1) is 0 Å². The van der Waals surface area contributed by atoms with Gasteiger partial charge in [-0.1, -0.05) is 11.6 Å². The summed E-state index contributed by atoms with van der Waals surface area (Å²) in [5.41, 5.74) is 0.0530. The van der Waals surface area contributed by atoms with Crippen LogP contribution in [0, 0.1) is 5.92 Å². The van der Waals surface area contributed by atoms with Crippen molar-refractivity contribution in [3.05, 3.63) is 17.3 Å². The number of nitrogens with zero attached hydrogens (tertiary/aromatic N) is 1. The number of rotatable bonds is 5. The van der Waals surface area contributed by atoms with E-state index in [0.717, 1.165) is 0 Å². The van der Waals surface area contributed by atoms with E-state index < -0.39 is 31.0 Å². The molecule has 1 aromatic rings. The Morgan fingerprint density at radius 2 is 2.32 bits per heavy atom. The van der Waals surface area contributed by atoms with Gasteiger partial charge in [0.15, 0.2) is 6.61 Å². The van der Waals surface area contributed by atoms with Crippen LogP contribution in [0.15, 0.2) is 12.3 Å². The predicted octanol–water partition coefficient (Wildman–Crippen LogP) is 2.68. The summed E-state index contributed by atoms with van der Waals surface area (Å²) in [4.78, 5) is 15.3. The van der Waals surface area contributed by atoms with Gasteiger partial charge < -0.3 is 10.1 Å². The Balaban J connectivity index is 2.08. The lowest BCUT2D eigenvalue weighted by Crippen LogP contribution is -2.17. The number of pyridine rings is 1. The van der Waals surface area contributed by atoms with Crippen LogP contribution in [0.25, 0.3) is 0 Å². The van der Waals surface area contributed by atoms with Crippen molar-refractivity contribution < 1.29 is 22.7 Å². The first-order chi connectivity index (χ1) is 8.97. The second-order valence-corrected chi connectivity index (χ2v) is 4.49. The lowest BCUT2D eigenvalue weighted by Gasteiger charge is -2.11. The van der Waals surface area contributed by atoms with Gasteiger partial charge >= 0.3 is 0 Å². The van der Waals surface area contributed by atoms with E-state index in [9.17, 15) is 18.0 Å². The number of hydrogen-bond donors (Lipinski definition) is 1. The molecule has 1 heterocycles. The topological polar surface area (TPSA) is 51.2 Å². The van der Waals surface area contributed by atoms with Crippen molar-refractivity contribution in [3.8, 4) is 5.88 Å². The van der Waals surface area contributed by atoms with Crippen LogP contribution < -0.4 is 10.1 Å². The van der Waals surface area contributed by atoms with Crippen LogP contribution >= 0.6 is 11.6 Å². The largest absolute Gasteiger partial charge is 0.470 e. The molecule has 104 valence electrons. The second-order valence-electron chi connectivity index (χ2n) is 4.06. The van der Waals surface area contributed by atoms with Crippen molar-refractivity contribution in [1.82, 2.24) is 4.98 Å². The normalized spacial score (nSPS) is 21.3. The number of hydrogen-bond acceptors (Lipinski definition) is 3. The van der Waals surface area contributed by atoms with Crippen molar-refractivity contribution in [3.63, 3.8) is 0 Å². The summed E-state index contributed by atoms with van der Waals surface area (Å²) in [5.74, 6) is -1.42. The molecule has 1 saturated carbocycles. The zero-order chi connectivity index (χ0) is 14.0. The smallest absolute Gasteiger partial charge is 0.272 e. The monoisotopic (exact) mass is 294 g/mol. The van der Waals surface area contributed by atoms with Crippen molar-refractivity contribution in [2.45, 2.75) is 19.0 Å². The molecule has 19 heavy (non-hydrogen) atoms. The van der Waals surface area contributed by atoms with Crippen LogP contribution in [0.3, 0.4) is 0 Å². The van der Waals surface area contributed by atoms with Gasteiger partial charge in [-0.25, -0.2) is 18.2 Å². The molecule has 1 N–H and O–H groups in total. The molecule has 1 aliphatic rings. The first-order valence-corrected chi connectivity index (χ1v) is 5.86. The molecule has 1 amide bonds. The molecule has 0 aromatic carbocycles. The molecule has 0 spiro atoms. The second kappa shape index (κ2) is 5.64. The molecule has 1 aliphatic carbocycles. The first kappa shape index (κ1) is 13.9. The van der Waals surface area contributed by atoms with E-state index in [4.69, 9.17) is 16.3 Å². The first-order valence-electron chi connectivity index (χ1n) is 5.49. The van der Waals surface area contributed by atoms with E-state index in [1.807, 2.05) is 0 Å². The molecule has 0 bridgehead atoms. The summed E-state index contributed by atoms with van der Waals surface area (Å²) >= 11 is 5.70. The highest BCUT2D eigenvalue weighted by Crippen LogP contribution is 2.36. The van der Waals surface area contributed by atoms with E-state index in [1.54, 1.807) is 0 Å². The molecular weight excluding hydrogens is 285 g/mol. The third-order valence-electron chi connectivity index (χ3n) is 2.47. The fraction of sp³-hybridized carbons (Fsp3) is 0.455. The lowest BCUT2D eigenvalue weighted by molar-refractivity contribution is -0.117. The predicted molar refractivity (Wildman–Crippen MR) is 62.4 cm³/mol. The van der Waals surface area contributed by atoms with Crippen LogP contribution in [0.1, 0.15) is 6.42 Å². The zero-order valence-electron chi connectivity index (χ0n) is 9.58. The maximum absolute atomic E-state index is 12.7. The minimum absolute atomic E-state index is 0.0530. The summed E-state index contributed by atoms with van der Waals surface area (Å²) in [6, 6.07) is 1.31. The Kier molecular flexibility index (Phi) is 4.14. The van der Waals surface area contributed by atoms with Crippen molar-refractivity contribution in [2.75, 3.05) is 11.9 Å². The molecule has 0 radical (unpaired) electrons. The number of ether oxygens (including phenoxy) is 1. The molecule has 8 heteroatoms. The minimum Gasteiger partial charge on any atom is -0.470 e. The average Bonchev–Trinajstić information content (AvgIpc) is 3.05. The van der Waals surface area contributed by atoms with E-state index in [0.29, 0.717) is 0 Å². The third kappa shape index (κ3) is 3.73. The van der Waals surface area contributed by atoms with Gasteiger partial charge in [-0.2, -0.15) is 0 Å². The fourth-order valence-electron chi connectivity index (χ4n) is 1.43. The Hall–Kier alpha value is -1.50. The van der Waals surface area contributed by atoms with Gasteiger partial charge in [0.2, 0.25) is 11.8 Å². The molecule has 0 saturated heterocycles. The summed E-state index contributed by atoms with van der Waals surface area (Å²) in [6.07, 6.45) is -2.46. The Labute approximate surface area is 111 Å². The number of aromatic nitrogens is 1. The quantitative estimate of drug-likeness (QED) is 0.908. The van der Waals surface area contributed by atoms with E-state index in [2.05, 4.69) is 10.3 Å². The van der Waals surface area contributed by atoms with E-state index in [-0.39, 0.29) is 23.0 Å². The van der Waals surface area contributed by atoms with E-state index >= 15 is 0 Å². The number of carbonyl (C=O) groups excluding carboxylic acids is 1. The van der Waals surface area contributed by atoms with Gasteiger partial charge in [-0.05, 0) is 12.5 Å². The Bertz CT molecular complexity index is 487. The number of anilines is 1.